The molecule has 0 bridgehead atoms. The molecule has 5 nitrogen and oxygen atoms in total. The highest BCUT2D eigenvalue weighted by Crippen LogP contribution is 2.23. The number of aryl methyl sites for hydroxylation is 2. The van der Waals surface area contributed by atoms with Gasteiger partial charge in [-0.05, 0) is 67.5 Å². The fraction of sp³-hybridized carbons (Fsp3) is 0.375. The second-order valence-electron chi connectivity index (χ2n) is 10.1. The van der Waals surface area contributed by atoms with Crippen molar-refractivity contribution < 1.29 is 14.3 Å². The molecule has 0 aromatic heterocycles. The molecule has 2 amide bonds. The van der Waals surface area contributed by atoms with E-state index in [1.54, 1.807) is 4.90 Å². The molecule has 1 N–H and O–H groups in total. The molecule has 0 spiro atoms. The van der Waals surface area contributed by atoms with Gasteiger partial charge < -0.3 is 15.0 Å². The highest BCUT2D eigenvalue weighted by molar-refractivity contribution is 5.88. The van der Waals surface area contributed by atoms with E-state index in [0.29, 0.717) is 18.7 Å². The second-order valence-corrected chi connectivity index (χ2v) is 10.1. The van der Waals surface area contributed by atoms with Crippen LogP contribution in [0.3, 0.4) is 0 Å². The van der Waals surface area contributed by atoms with Crippen LogP contribution >= 0.6 is 0 Å². The summed E-state index contributed by atoms with van der Waals surface area (Å²) in [5, 5.41) is 3.25. The summed E-state index contributed by atoms with van der Waals surface area (Å²) < 4.78 is 6.02. The number of hydrogen-bond acceptors (Lipinski definition) is 3. The van der Waals surface area contributed by atoms with Gasteiger partial charge in [-0.15, -0.1) is 0 Å². The Labute approximate surface area is 220 Å². The summed E-state index contributed by atoms with van der Waals surface area (Å²) in [6, 6.07) is 23.3. The van der Waals surface area contributed by atoms with E-state index in [9.17, 15) is 9.59 Å². The molecule has 3 aromatic rings. The first kappa shape index (κ1) is 26.5. The minimum absolute atomic E-state index is 0.0931. The molecule has 3 aromatic carbocycles. The molecule has 1 fully saturated rings. The Kier molecular flexibility index (Phi) is 8.99. The minimum atomic E-state index is -0.641. The number of amides is 2. The topological polar surface area (TPSA) is 58.6 Å². The van der Waals surface area contributed by atoms with Crippen molar-refractivity contribution in [3.8, 4) is 5.75 Å². The van der Waals surface area contributed by atoms with Crippen LogP contribution in [0.2, 0.25) is 0 Å². The summed E-state index contributed by atoms with van der Waals surface area (Å²) in [6.07, 6.45) is 4.69. The molecular weight excluding hydrogens is 460 g/mol. The van der Waals surface area contributed by atoms with Crippen LogP contribution < -0.4 is 10.1 Å². The quantitative estimate of drug-likeness (QED) is 0.391. The molecule has 0 aliphatic heterocycles. The maximum Gasteiger partial charge on any atom is 0.261 e. The smallest absolute Gasteiger partial charge is 0.261 e. The van der Waals surface area contributed by atoms with Crippen LogP contribution in [0.4, 0.5) is 0 Å². The second kappa shape index (κ2) is 12.6. The van der Waals surface area contributed by atoms with E-state index in [1.807, 2.05) is 93.6 Å². The third kappa shape index (κ3) is 7.00. The Bertz CT molecular complexity index is 1200. The van der Waals surface area contributed by atoms with Crippen LogP contribution in [0.5, 0.6) is 5.75 Å². The molecule has 0 saturated heterocycles. The summed E-state index contributed by atoms with van der Waals surface area (Å²) in [4.78, 5) is 29.3. The lowest BCUT2D eigenvalue weighted by atomic mass is 10.0. The van der Waals surface area contributed by atoms with E-state index in [0.717, 1.165) is 53.5 Å². The van der Waals surface area contributed by atoms with Gasteiger partial charge in [-0.3, -0.25) is 9.59 Å². The molecule has 37 heavy (non-hydrogen) atoms. The van der Waals surface area contributed by atoms with Gasteiger partial charge in [0.25, 0.3) is 5.91 Å². The van der Waals surface area contributed by atoms with Gasteiger partial charge in [0.15, 0.2) is 6.61 Å². The molecule has 1 aliphatic rings. The van der Waals surface area contributed by atoms with Gasteiger partial charge in [0.05, 0.1) is 0 Å². The largest absolute Gasteiger partial charge is 0.483 e. The Morgan fingerprint density at radius 1 is 0.892 bits per heavy atom. The summed E-state index contributed by atoms with van der Waals surface area (Å²) >= 11 is 0. The first-order valence-electron chi connectivity index (χ1n) is 13.3. The van der Waals surface area contributed by atoms with Crippen molar-refractivity contribution in [2.45, 2.75) is 71.5 Å². The standard InChI is InChI=1S/C32H38N2O3/c1-23-13-11-19-30(25(23)3)37-22-31(35)34(21-27-16-8-7-12-24(27)2)29(20-26-14-5-4-6-15-26)32(36)33-28-17-9-10-18-28/h4-8,11-16,19,28-29H,9-10,17-18,20-22H2,1-3H3,(H,33,36)/t29-/m0/s1. The number of rotatable bonds is 10. The molecule has 4 rings (SSSR count). The van der Waals surface area contributed by atoms with Gasteiger partial charge in [0.1, 0.15) is 11.8 Å². The number of benzene rings is 3. The number of nitrogens with one attached hydrogen (secondary N) is 1. The van der Waals surface area contributed by atoms with Crippen LogP contribution in [0.15, 0.2) is 72.8 Å². The highest BCUT2D eigenvalue weighted by atomic mass is 16.5. The zero-order chi connectivity index (χ0) is 26.2. The minimum Gasteiger partial charge on any atom is -0.483 e. The average Bonchev–Trinajstić information content (AvgIpc) is 3.41. The molecule has 1 saturated carbocycles. The van der Waals surface area contributed by atoms with Crippen LogP contribution in [0, 0.1) is 20.8 Å². The molecule has 1 aliphatic carbocycles. The first-order chi connectivity index (χ1) is 17.9. The Hall–Kier alpha value is -3.60. The van der Waals surface area contributed by atoms with Crippen molar-refractivity contribution >= 4 is 11.8 Å². The molecule has 5 heteroatoms. The molecule has 194 valence electrons. The van der Waals surface area contributed by atoms with E-state index in [4.69, 9.17) is 4.74 Å². The van der Waals surface area contributed by atoms with E-state index < -0.39 is 6.04 Å². The van der Waals surface area contributed by atoms with Gasteiger partial charge in [-0.1, -0.05) is 79.6 Å². The van der Waals surface area contributed by atoms with E-state index >= 15 is 0 Å². The summed E-state index contributed by atoms with van der Waals surface area (Å²) in [6.45, 7) is 6.27. The van der Waals surface area contributed by atoms with Crippen molar-refractivity contribution in [2.24, 2.45) is 0 Å². The monoisotopic (exact) mass is 498 g/mol. The lowest BCUT2D eigenvalue weighted by molar-refractivity contribution is -0.143. The third-order valence-electron chi connectivity index (χ3n) is 7.48. The maximum absolute atomic E-state index is 13.8. The zero-order valence-corrected chi connectivity index (χ0v) is 22.2. The number of carbonyl (C=O) groups excluding carboxylic acids is 2. The van der Waals surface area contributed by atoms with E-state index in [2.05, 4.69) is 5.32 Å². The fourth-order valence-corrected chi connectivity index (χ4v) is 5.00. The van der Waals surface area contributed by atoms with Crippen LogP contribution in [0.25, 0.3) is 0 Å². The lowest BCUT2D eigenvalue weighted by Gasteiger charge is -2.32. The number of carbonyl (C=O) groups is 2. The Morgan fingerprint density at radius 3 is 2.30 bits per heavy atom. The zero-order valence-electron chi connectivity index (χ0n) is 22.2. The summed E-state index contributed by atoms with van der Waals surface area (Å²) in [7, 11) is 0. The van der Waals surface area contributed by atoms with Gasteiger partial charge in [-0.25, -0.2) is 0 Å². The first-order valence-corrected chi connectivity index (χ1v) is 13.3. The van der Waals surface area contributed by atoms with E-state index in [-0.39, 0.29) is 24.5 Å². The van der Waals surface area contributed by atoms with E-state index in [1.165, 1.54) is 0 Å². The van der Waals surface area contributed by atoms with Crippen LogP contribution in [-0.4, -0.2) is 35.4 Å². The van der Waals surface area contributed by atoms with Gasteiger partial charge in [-0.2, -0.15) is 0 Å². The van der Waals surface area contributed by atoms with Gasteiger partial charge in [0.2, 0.25) is 5.91 Å². The van der Waals surface area contributed by atoms with Crippen molar-refractivity contribution in [3.05, 3.63) is 101 Å². The number of ether oxygens (including phenoxy) is 1. The maximum atomic E-state index is 13.8. The number of hydrogen-bond donors (Lipinski definition) is 1. The molecule has 0 radical (unpaired) electrons. The fourth-order valence-electron chi connectivity index (χ4n) is 5.00. The normalized spacial score (nSPS) is 14.2. The summed E-state index contributed by atoms with van der Waals surface area (Å²) in [5.74, 6) is 0.398. The lowest BCUT2D eigenvalue weighted by Crippen LogP contribution is -2.53. The van der Waals surface area contributed by atoms with Gasteiger partial charge >= 0.3 is 0 Å². The number of nitrogens with zero attached hydrogens (tertiary/aromatic N) is 1. The van der Waals surface area contributed by atoms with Crippen molar-refractivity contribution in [2.75, 3.05) is 6.61 Å². The van der Waals surface area contributed by atoms with Crippen molar-refractivity contribution in [1.82, 2.24) is 10.2 Å². The Balaban J connectivity index is 1.63. The average molecular weight is 499 g/mol. The molecular formula is C32H38N2O3. The molecule has 0 heterocycles. The van der Waals surface area contributed by atoms with Crippen molar-refractivity contribution in [3.63, 3.8) is 0 Å². The van der Waals surface area contributed by atoms with Gasteiger partial charge in [0, 0.05) is 19.0 Å². The van der Waals surface area contributed by atoms with Crippen LogP contribution in [-0.2, 0) is 22.6 Å². The highest BCUT2D eigenvalue weighted by Gasteiger charge is 2.32. The third-order valence-corrected chi connectivity index (χ3v) is 7.48. The SMILES string of the molecule is Cc1ccccc1CN(C(=O)COc1cccc(C)c1C)[C@@H](Cc1ccccc1)C(=O)NC1CCCC1. The van der Waals surface area contributed by atoms with Crippen LogP contribution in [0.1, 0.15) is 53.5 Å². The molecule has 0 unspecified atom stereocenters. The Morgan fingerprint density at radius 2 is 1.57 bits per heavy atom. The molecule has 1 atom stereocenters. The predicted molar refractivity (Wildman–Crippen MR) is 147 cm³/mol. The summed E-state index contributed by atoms with van der Waals surface area (Å²) in [5.41, 5.74) is 5.26. The van der Waals surface area contributed by atoms with Crippen molar-refractivity contribution in [1.29, 1.82) is 0 Å². The predicted octanol–water partition coefficient (Wildman–Crippen LogP) is 5.69.